The van der Waals surface area contributed by atoms with E-state index < -0.39 is 11.4 Å². The molecule has 0 radical (unpaired) electrons. The van der Waals surface area contributed by atoms with Gasteiger partial charge in [0.1, 0.15) is 0 Å². The van der Waals surface area contributed by atoms with Crippen molar-refractivity contribution < 1.29 is 14.7 Å². The summed E-state index contributed by atoms with van der Waals surface area (Å²) >= 11 is 0. The lowest BCUT2D eigenvalue weighted by atomic mass is 9.77. The largest absolute Gasteiger partial charge is 0.481 e. The Morgan fingerprint density at radius 3 is 2.30 bits per heavy atom. The minimum atomic E-state index is -0.828. The molecule has 0 aromatic rings. The summed E-state index contributed by atoms with van der Waals surface area (Å²) in [6.45, 7) is 4.12. The highest BCUT2D eigenvalue weighted by molar-refractivity contribution is 5.85. The van der Waals surface area contributed by atoms with Gasteiger partial charge < -0.3 is 10.4 Å². The van der Waals surface area contributed by atoms with Crippen LogP contribution in [0, 0.1) is 5.41 Å². The van der Waals surface area contributed by atoms with Gasteiger partial charge in [0.15, 0.2) is 0 Å². The van der Waals surface area contributed by atoms with E-state index in [0.717, 1.165) is 44.9 Å². The number of unbranched alkanes of at least 4 members (excludes halogenated alkanes) is 1. The number of carbonyl (C=O) groups excluding carboxylic acids is 1. The van der Waals surface area contributed by atoms with Crippen molar-refractivity contribution in [3.63, 3.8) is 0 Å². The third-order valence-corrected chi connectivity index (χ3v) is 4.41. The van der Waals surface area contributed by atoms with Crippen LogP contribution in [0.3, 0.4) is 0 Å². The lowest BCUT2D eigenvalue weighted by molar-refractivity contribution is -0.153. The van der Waals surface area contributed by atoms with Crippen molar-refractivity contribution in [3.8, 4) is 0 Å². The minimum Gasteiger partial charge on any atom is -0.481 e. The Morgan fingerprint density at radius 1 is 1.20 bits per heavy atom. The molecule has 0 aliphatic heterocycles. The second-order valence-corrected chi connectivity index (χ2v) is 6.29. The lowest BCUT2D eigenvalue weighted by Gasteiger charge is -2.28. The normalized spacial score (nSPS) is 19.9. The van der Waals surface area contributed by atoms with Gasteiger partial charge in [0.05, 0.1) is 5.41 Å². The van der Waals surface area contributed by atoms with Crippen LogP contribution in [0.2, 0.25) is 0 Å². The smallest absolute Gasteiger partial charge is 0.310 e. The molecule has 0 saturated heterocycles. The lowest BCUT2D eigenvalue weighted by Crippen LogP contribution is -2.40. The average molecular weight is 283 g/mol. The van der Waals surface area contributed by atoms with Gasteiger partial charge in [-0.15, -0.1) is 0 Å². The monoisotopic (exact) mass is 283 g/mol. The molecule has 1 saturated carbocycles. The van der Waals surface area contributed by atoms with Gasteiger partial charge in [0.2, 0.25) is 5.91 Å². The molecule has 1 rings (SSSR count). The van der Waals surface area contributed by atoms with Crippen molar-refractivity contribution in [1.29, 1.82) is 0 Å². The second kappa shape index (κ2) is 8.28. The quantitative estimate of drug-likeness (QED) is 0.703. The van der Waals surface area contributed by atoms with Crippen molar-refractivity contribution in [1.82, 2.24) is 5.32 Å². The van der Waals surface area contributed by atoms with Crippen LogP contribution in [0.15, 0.2) is 0 Å². The zero-order valence-corrected chi connectivity index (χ0v) is 12.9. The number of nitrogens with one attached hydrogen (secondary N) is 1. The van der Waals surface area contributed by atoms with E-state index in [9.17, 15) is 14.7 Å². The highest BCUT2D eigenvalue weighted by Crippen LogP contribution is 2.38. The minimum absolute atomic E-state index is 0.0992. The van der Waals surface area contributed by atoms with E-state index in [2.05, 4.69) is 12.2 Å². The maximum atomic E-state index is 12.1. The standard InChI is InChI=1S/C16H29NO3/c1-3-4-9-13(2)17-14(18)12-16(15(19)20)10-7-5-6-8-11-16/h13H,3-12H2,1-2H3,(H,17,18)(H,19,20). The molecule has 116 valence electrons. The zero-order chi connectivity index (χ0) is 15.0. The molecule has 1 atom stereocenters. The first-order valence-electron chi connectivity index (χ1n) is 8.03. The van der Waals surface area contributed by atoms with Gasteiger partial charge in [0, 0.05) is 12.5 Å². The number of rotatable bonds is 7. The fraction of sp³-hybridized carbons (Fsp3) is 0.875. The molecule has 20 heavy (non-hydrogen) atoms. The van der Waals surface area contributed by atoms with Crippen LogP contribution in [-0.4, -0.2) is 23.0 Å². The fourth-order valence-electron chi connectivity index (χ4n) is 3.09. The van der Waals surface area contributed by atoms with Crippen molar-refractivity contribution in [3.05, 3.63) is 0 Å². The van der Waals surface area contributed by atoms with Crippen molar-refractivity contribution in [2.24, 2.45) is 5.41 Å². The summed E-state index contributed by atoms with van der Waals surface area (Å²) in [7, 11) is 0. The van der Waals surface area contributed by atoms with Gasteiger partial charge in [-0.05, 0) is 26.2 Å². The van der Waals surface area contributed by atoms with Crippen LogP contribution in [-0.2, 0) is 9.59 Å². The van der Waals surface area contributed by atoms with Gasteiger partial charge in [-0.1, -0.05) is 45.4 Å². The molecule has 1 unspecified atom stereocenters. The van der Waals surface area contributed by atoms with Crippen LogP contribution in [0.25, 0.3) is 0 Å². The summed E-state index contributed by atoms with van der Waals surface area (Å²) in [4.78, 5) is 23.8. The first-order chi connectivity index (χ1) is 9.50. The van der Waals surface area contributed by atoms with Crippen LogP contribution in [0.5, 0.6) is 0 Å². The molecular formula is C16H29NO3. The van der Waals surface area contributed by atoms with E-state index in [-0.39, 0.29) is 18.4 Å². The summed E-state index contributed by atoms with van der Waals surface area (Å²) in [6, 6.07) is 0.138. The number of carboxylic acid groups (broad SMARTS) is 1. The van der Waals surface area contributed by atoms with E-state index in [1.807, 2.05) is 6.92 Å². The Labute approximate surface area is 122 Å². The highest BCUT2D eigenvalue weighted by Gasteiger charge is 2.40. The number of aliphatic carboxylic acids is 1. The molecule has 1 amide bonds. The molecule has 0 spiro atoms. The van der Waals surface area contributed by atoms with E-state index in [1.54, 1.807) is 0 Å². The number of amides is 1. The molecule has 1 aliphatic carbocycles. The van der Waals surface area contributed by atoms with E-state index >= 15 is 0 Å². The fourth-order valence-corrected chi connectivity index (χ4v) is 3.09. The van der Waals surface area contributed by atoms with E-state index in [0.29, 0.717) is 12.8 Å². The zero-order valence-electron chi connectivity index (χ0n) is 12.9. The molecule has 0 aromatic carbocycles. The van der Waals surface area contributed by atoms with E-state index in [1.165, 1.54) is 0 Å². The Morgan fingerprint density at radius 2 is 1.80 bits per heavy atom. The van der Waals surface area contributed by atoms with Gasteiger partial charge >= 0.3 is 5.97 Å². The van der Waals surface area contributed by atoms with Gasteiger partial charge in [-0.25, -0.2) is 0 Å². The molecular weight excluding hydrogens is 254 g/mol. The Hall–Kier alpha value is -1.06. The Bertz CT molecular complexity index is 320. The molecule has 0 bridgehead atoms. The van der Waals surface area contributed by atoms with Crippen molar-refractivity contribution >= 4 is 11.9 Å². The summed E-state index contributed by atoms with van der Waals surface area (Å²) in [5, 5.41) is 12.5. The molecule has 4 nitrogen and oxygen atoms in total. The Balaban J connectivity index is 2.56. The average Bonchev–Trinajstić information content (AvgIpc) is 2.62. The van der Waals surface area contributed by atoms with E-state index in [4.69, 9.17) is 0 Å². The van der Waals surface area contributed by atoms with Crippen LogP contribution < -0.4 is 5.32 Å². The number of hydrogen-bond acceptors (Lipinski definition) is 2. The SMILES string of the molecule is CCCCC(C)NC(=O)CC1(C(=O)O)CCCCCC1. The summed E-state index contributed by atoms with van der Waals surface area (Å²) in [6.07, 6.45) is 8.59. The van der Waals surface area contributed by atoms with Crippen LogP contribution >= 0.6 is 0 Å². The van der Waals surface area contributed by atoms with Gasteiger partial charge in [-0.3, -0.25) is 9.59 Å². The van der Waals surface area contributed by atoms with Crippen LogP contribution in [0.1, 0.15) is 78.1 Å². The summed E-state index contributed by atoms with van der Waals surface area (Å²) in [5.74, 6) is -0.895. The molecule has 4 heteroatoms. The van der Waals surface area contributed by atoms with Crippen molar-refractivity contribution in [2.45, 2.75) is 84.1 Å². The molecule has 0 aromatic heterocycles. The first kappa shape index (κ1) is 17.0. The van der Waals surface area contributed by atoms with Gasteiger partial charge in [0.25, 0.3) is 0 Å². The predicted octanol–water partition coefficient (Wildman–Crippen LogP) is 3.50. The van der Waals surface area contributed by atoms with Crippen LogP contribution in [0.4, 0.5) is 0 Å². The molecule has 0 heterocycles. The van der Waals surface area contributed by atoms with Crippen molar-refractivity contribution in [2.75, 3.05) is 0 Å². The van der Waals surface area contributed by atoms with Gasteiger partial charge in [-0.2, -0.15) is 0 Å². The third kappa shape index (κ3) is 5.14. The molecule has 1 aliphatic rings. The maximum absolute atomic E-state index is 12.1. The number of carbonyl (C=O) groups is 2. The summed E-state index contributed by atoms with van der Waals surface area (Å²) in [5.41, 5.74) is -0.828. The molecule has 2 N–H and O–H groups in total. The Kier molecular flexibility index (Phi) is 7.03. The molecule has 1 fully saturated rings. The second-order valence-electron chi connectivity index (χ2n) is 6.29. The number of carboxylic acids is 1. The highest BCUT2D eigenvalue weighted by atomic mass is 16.4. The number of hydrogen-bond donors (Lipinski definition) is 2. The first-order valence-corrected chi connectivity index (χ1v) is 8.03. The summed E-state index contributed by atoms with van der Waals surface area (Å²) < 4.78 is 0. The topological polar surface area (TPSA) is 66.4 Å². The maximum Gasteiger partial charge on any atom is 0.310 e. The third-order valence-electron chi connectivity index (χ3n) is 4.41. The predicted molar refractivity (Wildman–Crippen MR) is 79.5 cm³/mol.